The van der Waals surface area contributed by atoms with E-state index in [-0.39, 0.29) is 11.7 Å². The summed E-state index contributed by atoms with van der Waals surface area (Å²) >= 11 is 1.37. The number of amides is 1. The Balaban J connectivity index is 1.37. The Morgan fingerprint density at radius 3 is 2.79 bits per heavy atom. The molecule has 4 aromatic rings. The van der Waals surface area contributed by atoms with Crippen LogP contribution < -0.4 is 15.0 Å². The number of thioether (sulfide) groups is 1. The summed E-state index contributed by atoms with van der Waals surface area (Å²) in [5.41, 5.74) is 4.57. The molecule has 0 radical (unpaired) electrons. The number of rotatable bonds is 6. The number of benzene rings is 2. The molecule has 3 heterocycles. The molecule has 8 nitrogen and oxygen atoms in total. The highest BCUT2D eigenvalue weighted by Gasteiger charge is 2.17. The number of pyridine rings is 1. The second-order valence-electron chi connectivity index (χ2n) is 7.85. The molecular formula is C24H25N5O3S. The lowest BCUT2D eigenvalue weighted by Gasteiger charge is -2.30. The van der Waals surface area contributed by atoms with Crippen LogP contribution in [0.25, 0.3) is 16.6 Å². The van der Waals surface area contributed by atoms with Crippen LogP contribution in [0.2, 0.25) is 0 Å². The fraction of sp³-hybridized carbons (Fsp3) is 0.292. The number of carbonyl (C=O) groups excluding carboxylic acids is 1. The maximum absolute atomic E-state index is 12.9. The molecule has 1 N–H and O–H groups in total. The van der Waals surface area contributed by atoms with Gasteiger partial charge in [-0.05, 0) is 48.2 Å². The third-order valence-corrected chi connectivity index (χ3v) is 6.63. The van der Waals surface area contributed by atoms with E-state index < -0.39 is 0 Å². The van der Waals surface area contributed by atoms with E-state index in [4.69, 9.17) is 9.47 Å². The monoisotopic (exact) mass is 463 g/mol. The van der Waals surface area contributed by atoms with Gasteiger partial charge in [0.05, 0.1) is 43.0 Å². The van der Waals surface area contributed by atoms with E-state index in [1.165, 1.54) is 11.8 Å². The first kappa shape index (κ1) is 21.5. The highest BCUT2D eigenvalue weighted by atomic mass is 32.2. The molecule has 2 aromatic heterocycles. The van der Waals surface area contributed by atoms with Crippen LogP contribution in [-0.2, 0) is 9.53 Å². The molecule has 0 saturated carbocycles. The summed E-state index contributed by atoms with van der Waals surface area (Å²) in [5.74, 6) is 0.888. The van der Waals surface area contributed by atoms with E-state index in [0.717, 1.165) is 52.3 Å². The molecule has 1 saturated heterocycles. The predicted molar refractivity (Wildman–Crippen MR) is 131 cm³/mol. The van der Waals surface area contributed by atoms with Crippen LogP contribution in [0.4, 0.5) is 11.4 Å². The summed E-state index contributed by atoms with van der Waals surface area (Å²) in [6, 6.07) is 15.9. The molecule has 0 unspecified atom stereocenters. The van der Waals surface area contributed by atoms with Gasteiger partial charge in [0.2, 0.25) is 5.91 Å². The van der Waals surface area contributed by atoms with Gasteiger partial charge in [-0.3, -0.25) is 9.20 Å². The third-order valence-electron chi connectivity index (χ3n) is 5.70. The molecular weight excluding hydrogens is 438 g/mol. The van der Waals surface area contributed by atoms with E-state index in [2.05, 4.69) is 26.5 Å². The lowest BCUT2D eigenvalue weighted by molar-refractivity contribution is -0.113. The van der Waals surface area contributed by atoms with Gasteiger partial charge >= 0.3 is 0 Å². The Labute approximate surface area is 195 Å². The number of carbonyl (C=O) groups is 1. The summed E-state index contributed by atoms with van der Waals surface area (Å²) in [7, 11) is 1.65. The molecule has 1 aliphatic rings. The number of anilines is 2. The maximum atomic E-state index is 12.9. The lowest BCUT2D eigenvalue weighted by atomic mass is 10.1. The summed E-state index contributed by atoms with van der Waals surface area (Å²) in [6.45, 7) is 5.01. The maximum Gasteiger partial charge on any atom is 0.234 e. The minimum absolute atomic E-state index is 0.0907. The minimum atomic E-state index is -0.0907. The number of nitrogens with one attached hydrogen (secondary N) is 1. The van der Waals surface area contributed by atoms with E-state index in [0.29, 0.717) is 18.4 Å². The Morgan fingerprint density at radius 2 is 1.97 bits per heavy atom. The van der Waals surface area contributed by atoms with Gasteiger partial charge in [-0.25, -0.2) is 0 Å². The van der Waals surface area contributed by atoms with E-state index in [1.54, 1.807) is 7.11 Å². The van der Waals surface area contributed by atoms with Crippen molar-refractivity contribution in [3.63, 3.8) is 0 Å². The molecule has 0 bridgehead atoms. The highest BCUT2D eigenvalue weighted by Crippen LogP contribution is 2.29. The van der Waals surface area contributed by atoms with E-state index in [9.17, 15) is 4.79 Å². The van der Waals surface area contributed by atoms with E-state index in [1.807, 2.05) is 53.8 Å². The molecule has 170 valence electrons. The Bertz CT molecular complexity index is 1320. The predicted octanol–water partition coefficient (Wildman–Crippen LogP) is 3.77. The zero-order valence-corrected chi connectivity index (χ0v) is 19.4. The molecule has 0 spiro atoms. The van der Waals surface area contributed by atoms with Crippen LogP contribution in [-0.4, -0.2) is 59.7 Å². The Morgan fingerprint density at radius 1 is 1.15 bits per heavy atom. The number of aryl methyl sites for hydroxylation is 1. The topological polar surface area (TPSA) is 81.0 Å². The zero-order chi connectivity index (χ0) is 22.8. The number of para-hydroxylation sites is 2. The first-order valence-corrected chi connectivity index (χ1v) is 11.8. The summed E-state index contributed by atoms with van der Waals surface area (Å²) in [6.07, 6.45) is 0. The van der Waals surface area contributed by atoms with Crippen LogP contribution in [0.3, 0.4) is 0 Å². The quantitative estimate of drug-likeness (QED) is 0.436. The summed E-state index contributed by atoms with van der Waals surface area (Å²) in [5, 5.41) is 13.5. The van der Waals surface area contributed by atoms with Crippen molar-refractivity contribution in [1.82, 2.24) is 14.6 Å². The van der Waals surface area contributed by atoms with Crippen molar-refractivity contribution in [2.24, 2.45) is 0 Å². The van der Waals surface area contributed by atoms with Gasteiger partial charge in [-0.2, -0.15) is 0 Å². The molecule has 1 fully saturated rings. The molecule has 0 atom stereocenters. The number of hydrogen-bond donors (Lipinski definition) is 1. The number of ether oxygens (including phenoxy) is 2. The lowest BCUT2D eigenvalue weighted by Crippen LogP contribution is -2.36. The standard InChI is InChI=1S/C24H25N5O3S/c1-16-13-17-7-8-18(31-2)14-21(17)29-23(16)26-27-24(29)33-15-22(30)25-19-5-3-4-6-20(19)28-9-11-32-12-10-28/h3-8,13-14H,9-12,15H2,1-2H3,(H,25,30). The smallest absolute Gasteiger partial charge is 0.234 e. The Kier molecular flexibility index (Phi) is 6.06. The van der Waals surface area contributed by atoms with Crippen LogP contribution in [0.15, 0.2) is 53.7 Å². The van der Waals surface area contributed by atoms with Gasteiger partial charge in [0.25, 0.3) is 0 Å². The van der Waals surface area contributed by atoms with Crippen molar-refractivity contribution >= 4 is 45.6 Å². The molecule has 9 heteroatoms. The van der Waals surface area contributed by atoms with E-state index >= 15 is 0 Å². The van der Waals surface area contributed by atoms with Crippen molar-refractivity contribution in [1.29, 1.82) is 0 Å². The van der Waals surface area contributed by atoms with Crippen LogP contribution in [0.1, 0.15) is 5.56 Å². The second-order valence-corrected chi connectivity index (χ2v) is 8.79. The molecule has 33 heavy (non-hydrogen) atoms. The number of hydrogen-bond acceptors (Lipinski definition) is 7. The van der Waals surface area contributed by atoms with Crippen LogP contribution in [0, 0.1) is 6.92 Å². The van der Waals surface area contributed by atoms with Gasteiger partial charge in [-0.15, -0.1) is 10.2 Å². The number of morpholine rings is 1. The van der Waals surface area contributed by atoms with Crippen molar-refractivity contribution in [2.75, 3.05) is 49.4 Å². The minimum Gasteiger partial charge on any atom is -0.497 e. The average Bonchev–Trinajstić information content (AvgIpc) is 3.29. The molecule has 2 aromatic carbocycles. The van der Waals surface area contributed by atoms with Crippen LogP contribution >= 0.6 is 11.8 Å². The molecule has 5 rings (SSSR count). The number of aromatic nitrogens is 3. The first-order chi connectivity index (χ1) is 16.1. The van der Waals surface area contributed by atoms with Crippen molar-refractivity contribution in [3.8, 4) is 5.75 Å². The Hall–Kier alpha value is -3.30. The largest absolute Gasteiger partial charge is 0.497 e. The second kappa shape index (κ2) is 9.29. The first-order valence-electron chi connectivity index (χ1n) is 10.8. The van der Waals surface area contributed by atoms with Gasteiger partial charge in [-0.1, -0.05) is 23.9 Å². The number of fused-ring (bicyclic) bond motifs is 3. The van der Waals surface area contributed by atoms with Crippen LogP contribution in [0.5, 0.6) is 5.75 Å². The third kappa shape index (κ3) is 4.34. The van der Waals surface area contributed by atoms with Crippen molar-refractivity contribution in [3.05, 3.63) is 54.1 Å². The van der Waals surface area contributed by atoms with Gasteiger partial charge in [0, 0.05) is 19.2 Å². The summed E-state index contributed by atoms with van der Waals surface area (Å²) < 4.78 is 12.9. The SMILES string of the molecule is COc1ccc2cc(C)c3nnc(SCC(=O)Nc4ccccc4N4CCOCC4)n3c2c1. The normalized spacial score (nSPS) is 14.1. The van der Waals surface area contributed by atoms with Gasteiger partial charge < -0.3 is 19.7 Å². The van der Waals surface area contributed by atoms with Gasteiger partial charge in [0.1, 0.15) is 5.75 Å². The summed E-state index contributed by atoms with van der Waals surface area (Å²) in [4.78, 5) is 15.1. The highest BCUT2D eigenvalue weighted by molar-refractivity contribution is 7.99. The fourth-order valence-electron chi connectivity index (χ4n) is 4.08. The van der Waals surface area contributed by atoms with Gasteiger partial charge in [0.15, 0.2) is 10.8 Å². The molecule has 1 amide bonds. The number of methoxy groups -OCH3 is 1. The molecule has 1 aliphatic heterocycles. The average molecular weight is 464 g/mol. The van der Waals surface area contributed by atoms with Crippen molar-refractivity contribution < 1.29 is 14.3 Å². The van der Waals surface area contributed by atoms with Crippen molar-refractivity contribution in [2.45, 2.75) is 12.1 Å². The molecule has 0 aliphatic carbocycles. The number of nitrogens with zero attached hydrogens (tertiary/aromatic N) is 4. The fourth-order valence-corrected chi connectivity index (χ4v) is 4.82. The zero-order valence-electron chi connectivity index (χ0n) is 18.6.